The molecule has 0 fully saturated rings. The minimum atomic E-state index is -4.77. The van der Waals surface area contributed by atoms with E-state index in [4.69, 9.17) is 0 Å². The lowest BCUT2D eigenvalue weighted by Gasteiger charge is -2.13. The van der Waals surface area contributed by atoms with E-state index in [2.05, 4.69) is 15.0 Å². The van der Waals surface area contributed by atoms with Gasteiger partial charge in [-0.1, -0.05) is 12.1 Å². The molecule has 1 atom stereocenters. The molecule has 0 saturated heterocycles. The van der Waals surface area contributed by atoms with E-state index < -0.39 is 24.0 Å². The van der Waals surface area contributed by atoms with E-state index in [1.807, 2.05) is 0 Å². The number of alkyl halides is 3. The van der Waals surface area contributed by atoms with Crippen LogP contribution in [0.2, 0.25) is 0 Å². The van der Waals surface area contributed by atoms with Crippen molar-refractivity contribution in [2.45, 2.75) is 12.5 Å². The molecule has 1 unspecified atom stereocenters. The van der Waals surface area contributed by atoms with Gasteiger partial charge in [0.05, 0.1) is 12.3 Å². The van der Waals surface area contributed by atoms with Gasteiger partial charge in [0.15, 0.2) is 0 Å². The first-order chi connectivity index (χ1) is 10.3. The van der Waals surface area contributed by atoms with Crippen molar-refractivity contribution >= 4 is 5.82 Å². The van der Waals surface area contributed by atoms with Crippen molar-refractivity contribution in [2.75, 3.05) is 11.9 Å². The van der Waals surface area contributed by atoms with Crippen molar-refractivity contribution in [2.24, 2.45) is 0 Å². The number of nitrogens with one attached hydrogen (secondary N) is 1. The number of hydrogen-bond donors (Lipinski definition) is 2. The summed E-state index contributed by atoms with van der Waals surface area (Å²) in [6.07, 6.45) is -4.76. The number of nitrogens with zero attached hydrogens (tertiary/aromatic N) is 1. The van der Waals surface area contributed by atoms with Crippen LogP contribution in [0, 0.1) is 5.82 Å². The number of benzene rings is 1. The Morgan fingerprint density at radius 2 is 1.82 bits per heavy atom. The van der Waals surface area contributed by atoms with Crippen molar-refractivity contribution < 1.29 is 27.4 Å². The Kier molecular flexibility index (Phi) is 4.81. The maximum atomic E-state index is 12.8. The van der Waals surface area contributed by atoms with Gasteiger partial charge in [0, 0.05) is 6.54 Å². The lowest BCUT2D eigenvalue weighted by molar-refractivity contribution is -0.274. The molecule has 2 rings (SSSR count). The predicted octanol–water partition coefficient (Wildman–Crippen LogP) is 3.26. The summed E-state index contributed by atoms with van der Waals surface area (Å²) < 4.78 is 52.4. The van der Waals surface area contributed by atoms with E-state index in [9.17, 15) is 22.7 Å². The second kappa shape index (κ2) is 6.61. The Bertz CT molecular complexity index is 600. The van der Waals surface area contributed by atoms with E-state index in [0.29, 0.717) is 5.56 Å². The van der Waals surface area contributed by atoms with Crippen molar-refractivity contribution in [1.29, 1.82) is 0 Å². The fraction of sp³-hybridized carbons (Fsp3) is 0.214. The van der Waals surface area contributed by atoms with Crippen molar-refractivity contribution in [3.05, 3.63) is 54.0 Å². The highest BCUT2D eigenvalue weighted by atomic mass is 19.4. The van der Waals surface area contributed by atoms with Crippen LogP contribution >= 0.6 is 0 Å². The molecule has 8 heteroatoms. The van der Waals surface area contributed by atoms with Gasteiger partial charge in [0.1, 0.15) is 17.4 Å². The van der Waals surface area contributed by atoms with E-state index in [0.717, 1.165) is 12.3 Å². The number of aromatic nitrogens is 1. The van der Waals surface area contributed by atoms with E-state index in [1.165, 1.54) is 30.3 Å². The highest BCUT2D eigenvalue weighted by Crippen LogP contribution is 2.22. The van der Waals surface area contributed by atoms with Crippen LogP contribution < -0.4 is 10.1 Å². The van der Waals surface area contributed by atoms with Gasteiger partial charge in [0.25, 0.3) is 0 Å². The number of halogens is 4. The fourth-order valence-electron chi connectivity index (χ4n) is 1.68. The number of pyridine rings is 1. The van der Waals surface area contributed by atoms with Crippen LogP contribution in [0.15, 0.2) is 42.6 Å². The lowest BCUT2D eigenvalue weighted by atomic mass is 10.1. The quantitative estimate of drug-likeness (QED) is 0.831. The molecule has 0 spiro atoms. The Hall–Kier alpha value is -2.35. The summed E-state index contributed by atoms with van der Waals surface area (Å²) >= 11 is 0. The Balaban J connectivity index is 1.90. The molecule has 0 aliphatic heterocycles. The second-order valence-electron chi connectivity index (χ2n) is 4.38. The van der Waals surface area contributed by atoms with E-state index >= 15 is 0 Å². The topological polar surface area (TPSA) is 54.4 Å². The highest BCUT2D eigenvalue weighted by Gasteiger charge is 2.31. The highest BCUT2D eigenvalue weighted by molar-refractivity contribution is 5.38. The van der Waals surface area contributed by atoms with Crippen molar-refractivity contribution in [3.8, 4) is 5.75 Å². The van der Waals surface area contributed by atoms with Crippen molar-refractivity contribution in [3.63, 3.8) is 0 Å². The normalized spacial score (nSPS) is 12.8. The minimum Gasteiger partial charge on any atom is -0.404 e. The van der Waals surface area contributed by atoms with Gasteiger partial charge >= 0.3 is 6.36 Å². The second-order valence-corrected chi connectivity index (χ2v) is 4.38. The number of anilines is 1. The zero-order valence-corrected chi connectivity index (χ0v) is 11.1. The monoisotopic (exact) mass is 316 g/mol. The van der Waals surface area contributed by atoms with Gasteiger partial charge in [0.2, 0.25) is 0 Å². The third-order valence-corrected chi connectivity index (χ3v) is 2.70. The SMILES string of the molecule is OC(CNc1ccc(OC(F)(F)F)cn1)c1ccc(F)cc1. The van der Waals surface area contributed by atoms with Gasteiger partial charge in [-0.3, -0.25) is 0 Å². The van der Waals surface area contributed by atoms with Crippen LogP contribution in [0.4, 0.5) is 23.4 Å². The Labute approximate surface area is 123 Å². The van der Waals surface area contributed by atoms with Crippen molar-refractivity contribution in [1.82, 2.24) is 4.98 Å². The summed E-state index contributed by atoms with van der Waals surface area (Å²) in [5.74, 6) is -0.571. The van der Waals surface area contributed by atoms with Gasteiger partial charge < -0.3 is 15.2 Å². The van der Waals surface area contributed by atoms with Gasteiger partial charge in [-0.2, -0.15) is 0 Å². The third kappa shape index (κ3) is 4.88. The Morgan fingerprint density at radius 1 is 1.14 bits per heavy atom. The van der Waals surface area contributed by atoms with Gasteiger partial charge in [-0.25, -0.2) is 9.37 Å². The molecular weight excluding hydrogens is 304 g/mol. The van der Waals surface area contributed by atoms with Crippen LogP contribution in [0.3, 0.4) is 0 Å². The van der Waals surface area contributed by atoms with E-state index in [-0.39, 0.29) is 12.4 Å². The molecule has 0 amide bonds. The average Bonchev–Trinajstić information content (AvgIpc) is 2.45. The summed E-state index contributed by atoms with van der Waals surface area (Å²) in [6, 6.07) is 7.72. The van der Waals surface area contributed by atoms with Crippen LogP contribution in [0.1, 0.15) is 11.7 Å². The average molecular weight is 316 g/mol. The van der Waals surface area contributed by atoms with Gasteiger partial charge in [-0.05, 0) is 29.8 Å². The molecule has 22 heavy (non-hydrogen) atoms. The lowest BCUT2D eigenvalue weighted by Crippen LogP contribution is -2.17. The molecule has 2 N–H and O–H groups in total. The minimum absolute atomic E-state index is 0.0676. The number of aliphatic hydroxyl groups is 1. The van der Waals surface area contributed by atoms with E-state index in [1.54, 1.807) is 0 Å². The summed E-state index contributed by atoms with van der Waals surface area (Å²) in [4.78, 5) is 3.74. The molecule has 1 heterocycles. The molecule has 1 aromatic carbocycles. The Morgan fingerprint density at radius 3 is 2.36 bits per heavy atom. The molecule has 1 aromatic heterocycles. The molecule has 0 radical (unpaired) electrons. The fourth-order valence-corrected chi connectivity index (χ4v) is 1.68. The molecule has 0 aliphatic carbocycles. The number of rotatable bonds is 5. The van der Waals surface area contributed by atoms with Crippen LogP contribution in [0.5, 0.6) is 5.75 Å². The standard InChI is InChI=1S/C14H12F4N2O2/c15-10-3-1-9(2-4-10)12(21)8-20-13-6-5-11(7-19-13)22-14(16,17)18/h1-7,12,21H,8H2,(H,19,20). The maximum Gasteiger partial charge on any atom is 0.573 e. The molecule has 0 saturated carbocycles. The summed E-state index contributed by atoms with van der Waals surface area (Å²) in [7, 11) is 0. The zero-order valence-electron chi connectivity index (χ0n) is 11.1. The number of ether oxygens (including phenoxy) is 1. The predicted molar refractivity (Wildman–Crippen MR) is 70.8 cm³/mol. The summed E-state index contributed by atoms with van der Waals surface area (Å²) in [5, 5.41) is 12.6. The molecule has 0 bridgehead atoms. The number of hydrogen-bond acceptors (Lipinski definition) is 4. The molecule has 0 aliphatic rings. The summed E-state index contributed by atoms with van der Waals surface area (Å²) in [5.41, 5.74) is 0.505. The third-order valence-electron chi connectivity index (χ3n) is 2.70. The van der Waals surface area contributed by atoms with Gasteiger partial charge in [-0.15, -0.1) is 13.2 Å². The molecule has 4 nitrogen and oxygen atoms in total. The summed E-state index contributed by atoms with van der Waals surface area (Å²) in [6.45, 7) is 0.0676. The largest absolute Gasteiger partial charge is 0.573 e. The molecular formula is C14H12F4N2O2. The number of aliphatic hydroxyl groups excluding tert-OH is 1. The van der Waals surface area contributed by atoms with Crippen LogP contribution in [-0.2, 0) is 0 Å². The van der Waals surface area contributed by atoms with Crippen LogP contribution in [0.25, 0.3) is 0 Å². The molecule has 118 valence electrons. The smallest absolute Gasteiger partial charge is 0.404 e. The molecule has 2 aromatic rings. The van der Waals surface area contributed by atoms with Crippen LogP contribution in [-0.4, -0.2) is 23.0 Å². The first-order valence-corrected chi connectivity index (χ1v) is 6.23. The zero-order chi connectivity index (χ0) is 16.2. The maximum absolute atomic E-state index is 12.8. The first-order valence-electron chi connectivity index (χ1n) is 6.23. The first kappa shape index (κ1) is 16.0.